The van der Waals surface area contributed by atoms with E-state index in [1.807, 2.05) is 0 Å². The van der Waals surface area contributed by atoms with E-state index < -0.39 is 37.3 Å². The van der Waals surface area contributed by atoms with Gasteiger partial charge in [-0.25, -0.2) is 0 Å². The van der Waals surface area contributed by atoms with E-state index in [0.29, 0.717) is 12.0 Å². The number of aliphatic hydroxyl groups is 4. The Labute approximate surface area is 126 Å². The molecule has 6 N–H and O–H groups in total. The van der Waals surface area contributed by atoms with Gasteiger partial charge >= 0.3 is 0 Å². The van der Waals surface area contributed by atoms with Gasteiger partial charge in [0.2, 0.25) is 0 Å². The van der Waals surface area contributed by atoms with Gasteiger partial charge in [-0.2, -0.15) is 0 Å². The van der Waals surface area contributed by atoms with E-state index in [1.165, 1.54) is 12.1 Å². The Bertz CT molecular complexity index is 492. The molecule has 0 unspecified atom stereocenters. The van der Waals surface area contributed by atoms with E-state index in [0.717, 1.165) is 0 Å². The first-order valence-corrected chi connectivity index (χ1v) is 6.87. The first kappa shape index (κ1) is 16.9. The minimum atomic E-state index is -1.48. The molecule has 5 atom stereocenters. The predicted molar refractivity (Wildman–Crippen MR) is 73.2 cm³/mol. The van der Waals surface area contributed by atoms with Crippen LogP contribution in [0.1, 0.15) is 5.56 Å². The second-order valence-electron chi connectivity index (χ2n) is 5.14. The quantitative estimate of drug-likeness (QED) is 0.359. The van der Waals surface area contributed by atoms with Crippen LogP contribution < -0.4 is 0 Å². The van der Waals surface area contributed by atoms with Crippen LogP contribution in [0.2, 0.25) is 0 Å². The summed E-state index contributed by atoms with van der Waals surface area (Å²) < 4.78 is 10.5. The number of rotatable bonds is 5. The lowest BCUT2D eigenvalue weighted by atomic mass is 9.99. The van der Waals surface area contributed by atoms with Crippen LogP contribution in [0.25, 0.3) is 0 Å². The number of phenols is 2. The van der Waals surface area contributed by atoms with Crippen molar-refractivity contribution >= 4 is 0 Å². The molecular formula is C14H20O8. The smallest absolute Gasteiger partial charge is 0.186 e. The van der Waals surface area contributed by atoms with Gasteiger partial charge in [0.05, 0.1) is 13.2 Å². The SMILES string of the molecule is OC[C@H]1O[C@@H](OCCc2ccc(O)c(O)c2)[C@@H](O)[C@H](O)[C@@H]1O. The van der Waals surface area contributed by atoms with Crippen LogP contribution in [0.5, 0.6) is 11.5 Å². The molecule has 0 amide bonds. The molecule has 1 saturated heterocycles. The van der Waals surface area contributed by atoms with Crippen LogP contribution in [-0.4, -0.2) is 74.6 Å². The Morgan fingerprint density at radius 1 is 1.00 bits per heavy atom. The molecule has 8 heteroatoms. The molecule has 124 valence electrons. The standard InChI is InChI=1S/C14H20O8/c15-6-10-11(18)12(19)13(20)14(22-10)21-4-3-7-1-2-8(16)9(17)5-7/h1-2,5,10-20H,3-4,6H2/t10-,11-,12-,13+,14-/m1/s1. The lowest BCUT2D eigenvalue weighted by Gasteiger charge is -2.39. The molecule has 0 aliphatic carbocycles. The number of phenolic OH excluding ortho intramolecular Hbond substituents is 2. The van der Waals surface area contributed by atoms with E-state index in [1.54, 1.807) is 6.07 Å². The average molecular weight is 316 g/mol. The van der Waals surface area contributed by atoms with Crippen LogP contribution in [0.15, 0.2) is 18.2 Å². The maximum Gasteiger partial charge on any atom is 0.186 e. The van der Waals surface area contributed by atoms with Gasteiger partial charge in [0.25, 0.3) is 0 Å². The normalized spacial score (nSPS) is 32.1. The molecule has 1 fully saturated rings. The Hall–Kier alpha value is -1.42. The summed E-state index contributed by atoms with van der Waals surface area (Å²) in [6.07, 6.45) is -6.17. The van der Waals surface area contributed by atoms with Crippen LogP contribution >= 0.6 is 0 Å². The van der Waals surface area contributed by atoms with Gasteiger partial charge < -0.3 is 40.1 Å². The molecule has 1 heterocycles. The zero-order chi connectivity index (χ0) is 16.3. The van der Waals surface area contributed by atoms with Gasteiger partial charge in [-0.15, -0.1) is 0 Å². The van der Waals surface area contributed by atoms with Crippen molar-refractivity contribution in [2.45, 2.75) is 37.1 Å². The van der Waals surface area contributed by atoms with Crippen molar-refractivity contribution in [2.75, 3.05) is 13.2 Å². The number of ether oxygens (including phenoxy) is 2. The van der Waals surface area contributed by atoms with E-state index in [2.05, 4.69) is 0 Å². The van der Waals surface area contributed by atoms with Crippen molar-refractivity contribution in [2.24, 2.45) is 0 Å². The molecule has 0 radical (unpaired) electrons. The third-order valence-corrected chi connectivity index (χ3v) is 3.56. The largest absolute Gasteiger partial charge is 0.504 e. The number of aromatic hydroxyl groups is 2. The molecule has 0 saturated carbocycles. The third-order valence-electron chi connectivity index (χ3n) is 3.56. The lowest BCUT2D eigenvalue weighted by Crippen LogP contribution is -2.59. The van der Waals surface area contributed by atoms with E-state index >= 15 is 0 Å². The van der Waals surface area contributed by atoms with Crippen molar-refractivity contribution in [1.29, 1.82) is 0 Å². The molecular weight excluding hydrogens is 296 g/mol. The minimum absolute atomic E-state index is 0.104. The highest BCUT2D eigenvalue weighted by atomic mass is 16.7. The fourth-order valence-electron chi connectivity index (χ4n) is 2.22. The highest BCUT2D eigenvalue weighted by Gasteiger charge is 2.43. The summed E-state index contributed by atoms with van der Waals surface area (Å²) in [6, 6.07) is 4.33. The van der Waals surface area contributed by atoms with Crippen LogP contribution in [0.3, 0.4) is 0 Å². The number of aliphatic hydroxyl groups excluding tert-OH is 4. The van der Waals surface area contributed by atoms with E-state index in [9.17, 15) is 25.5 Å². The summed E-state index contributed by atoms with van der Waals surface area (Å²) >= 11 is 0. The summed E-state index contributed by atoms with van der Waals surface area (Å²) in [4.78, 5) is 0. The predicted octanol–water partition coefficient (Wildman–Crippen LogP) is -1.54. The fraction of sp³-hybridized carbons (Fsp3) is 0.571. The van der Waals surface area contributed by atoms with Gasteiger partial charge in [-0.1, -0.05) is 6.07 Å². The molecule has 8 nitrogen and oxygen atoms in total. The highest BCUT2D eigenvalue weighted by molar-refractivity contribution is 5.40. The first-order chi connectivity index (χ1) is 10.4. The van der Waals surface area contributed by atoms with Crippen molar-refractivity contribution in [3.05, 3.63) is 23.8 Å². The first-order valence-electron chi connectivity index (χ1n) is 6.87. The zero-order valence-corrected chi connectivity index (χ0v) is 11.7. The Kier molecular flexibility index (Phi) is 5.57. The van der Waals surface area contributed by atoms with E-state index in [-0.39, 0.29) is 18.1 Å². The number of hydrogen-bond acceptors (Lipinski definition) is 8. The molecule has 1 aromatic rings. The second-order valence-corrected chi connectivity index (χ2v) is 5.14. The van der Waals surface area contributed by atoms with Crippen LogP contribution in [-0.2, 0) is 15.9 Å². The topological polar surface area (TPSA) is 140 Å². The molecule has 0 spiro atoms. The van der Waals surface area contributed by atoms with Crippen molar-refractivity contribution in [3.8, 4) is 11.5 Å². The Morgan fingerprint density at radius 3 is 2.36 bits per heavy atom. The Morgan fingerprint density at radius 2 is 1.73 bits per heavy atom. The third kappa shape index (κ3) is 3.67. The molecule has 1 aliphatic rings. The van der Waals surface area contributed by atoms with Gasteiger partial charge in [-0.05, 0) is 24.1 Å². The fourth-order valence-corrected chi connectivity index (χ4v) is 2.22. The molecule has 2 rings (SSSR count). The van der Waals surface area contributed by atoms with Crippen molar-refractivity contribution < 1.29 is 40.1 Å². The summed E-state index contributed by atoms with van der Waals surface area (Å²) in [5.41, 5.74) is 0.694. The maximum absolute atomic E-state index is 9.78. The van der Waals surface area contributed by atoms with Gasteiger partial charge in [0.1, 0.15) is 24.4 Å². The van der Waals surface area contributed by atoms with Crippen LogP contribution in [0, 0.1) is 0 Å². The summed E-state index contributed by atoms with van der Waals surface area (Å²) in [6.45, 7) is -0.413. The van der Waals surface area contributed by atoms with Crippen molar-refractivity contribution in [1.82, 2.24) is 0 Å². The summed E-state index contributed by atoms with van der Waals surface area (Å²) in [7, 11) is 0. The maximum atomic E-state index is 9.78. The molecule has 1 aromatic carbocycles. The second kappa shape index (κ2) is 7.23. The highest BCUT2D eigenvalue weighted by Crippen LogP contribution is 2.25. The van der Waals surface area contributed by atoms with Crippen molar-refractivity contribution in [3.63, 3.8) is 0 Å². The van der Waals surface area contributed by atoms with Crippen LogP contribution in [0.4, 0.5) is 0 Å². The number of benzene rings is 1. The van der Waals surface area contributed by atoms with Gasteiger partial charge in [-0.3, -0.25) is 0 Å². The van der Waals surface area contributed by atoms with E-state index in [4.69, 9.17) is 14.6 Å². The zero-order valence-electron chi connectivity index (χ0n) is 11.7. The molecule has 22 heavy (non-hydrogen) atoms. The lowest BCUT2D eigenvalue weighted by molar-refractivity contribution is -0.300. The summed E-state index contributed by atoms with van der Waals surface area (Å²) in [5, 5.41) is 56.7. The monoisotopic (exact) mass is 316 g/mol. The average Bonchev–Trinajstić information content (AvgIpc) is 2.51. The minimum Gasteiger partial charge on any atom is -0.504 e. The Balaban J connectivity index is 1.88. The van der Waals surface area contributed by atoms with Gasteiger partial charge in [0, 0.05) is 0 Å². The van der Waals surface area contributed by atoms with Gasteiger partial charge in [0.15, 0.2) is 17.8 Å². The number of hydrogen-bond donors (Lipinski definition) is 6. The molecule has 1 aliphatic heterocycles. The summed E-state index contributed by atoms with van der Waals surface area (Å²) in [5.74, 6) is -0.469. The molecule has 0 aromatic heterocycles. The molecule has 0 bridgehead atoms.